The minimum absolute atomic E-state index is 0.00187. The number of piperidine rings is 1. The molecule has 0 aromatic heterocycles. The SMILES string of the molecule is C[C@H]1CCC2[C@@H](C)C(=O)N(CCC(=O)N(CC(=O)NC(C)(C)CC(C)(C)C)C(C)(C)C)C3OC4(C)CCC1[C@@]23OO4. The highest BCUT2D eigenvalue weighted by atomic mass is 17.3. The van der Waals surface area contributed by atoms with Crippen molar-refractivity contribution >= 4 is 17.7 Å². The van der Waals surface area contributed by atoms with Gasteiger partial charge in [0.25, 0.3) is 0 Å². The minimum atomic E-state index is -0.934. The summed E-state index contributed by atoms with van der Waals surface area (Å²) >= 11 is 0. The average Bonchev–Trinajstić information content (AvgIpc) is 3.04. The molecule has 5 aliphatic rings. The quantitative estimate of drug-likeness (QED) is 0.427. The summed E-state index contributed by atoms with van der Waals surface area (Å²) in [6, 6.07) is 0. The highest BCUT2D eigenvalue weighted by Gasteiger charge is 2.70. The molecular weight excluding hydrogens is 522 g/mol. The Morgan fingerprint density at radius 3 is 2.27 bits per heavy atom. The number of hydrogen-bond donors (Lipinski definition) is 1. The summed E-state index contributed by atoms with van der Waals surface area (Å²) in [5, 5.41) is 3.13. The molecule has 3 amide bonds. The number of nitrogens with zero attached hydrogens (tertiary/aromatic N) is 2. The lowest BCUT2D eigenvalue weighted by atomic mass is 9.57. The van der Waals surface area contributed by atoms with Gasteiger partial charge in [-0.3, -0.25) is 14.4 Å². The van der Waals surface area contributed by atoms with E-state index in [1.807, 2.05) is 48.5 Å². The molecule has 9 nitrogen and oxygen atoms in total. The van der Waals surface area contributed by atoms with E-state index in [0.717, 1.165) is 25.7 Å². The Bertz CT molecular complexity index is 1030. The number of fused-ring (bicyclic) bond motifs is 2. The molecule has 0 radical (unpaired) electrons. The third-order valence-corrected chi connectivity index (χ3v) is 9.79. The average molecular weight is 578 g/mol. The van der Waals surface area contributed by atoms with Gasteiger partial charge in [0.05, 0.1) is 0 Å². The van der Waals surface area contributed by atoms with E-state index >= 15 is 0 Å². The van der Waals surface area contributed by atoms with Gasteiger partial charge in [-0.05, 0) is 84.5 Å². The predicted molar refractivity (Wildman–Crippen MR) is 156 cm³/mol. The Kier molecular flexibility index (Phi) is 8.47. The maximum Gasteiger partial charge on any atom is 0.240 e. The Hall–Kier alpha value is -1.71. The Labute approximate surface area is 247 Å². The molecular formula is C32H55N3O6. The monoisotopic (exact) mass is 577 g/mol. The zero-order chi connectivity index (χ0) is 30.8. The molecule has 7 atom stereocenters. The summed E-state index contributed by atoms with van der Waals surface area (Å²) in [7, 11) is 0. The van der Waals surface area contributed by atoms with Crippen LogP contribution in [0.1, 0.15) is 115 Å². The van der Waals surface area contributed by atoms with Crippen LogP contribution in [0, 0.1) is 29.1 Å². The van der Waals surface area contributed by atoms with Crippen molar-refractivity contribution in [2.24, 2.45) is 29.1 Å². The summed E-state index contributed by atoms with van der Waals surface area (Å²) in [4.78, 5) is 56.4. The summed E-state index contributed by atoms with van der Waals surface area (Å²) in [5.74, 6) is -0.932. The molecule has 4 heterocycles. The molecule has 2 bridgehead atoms. The van der Waals surface area contributed by atoms with E-state index < -0.39 is 28.7 Å². The molecule has 9 heteroatoms. The first-order valence-electron chi connectivity index (χ1n) is 15.7. The van der Waals surface area contributed by atoms with E-state index in [1.165, 1.54) is 0 Å². The van der Waals surface area contributed by atoms with Crippen molar-refractivity contribution in [3.8, 4) is 0 Å². The topological polar surface area (TPSA) is 97.4 Å². The van der Waals surface area contributed by atoms with Crippen LogP contribution >= 0.6 is 0 Å². The van der Waals surface area contributed by atoms with E-state index in [-0.39, 0.29) is 60.4 Å². The second-order valence-corrected chi connectivity index (χ2v) is 16.3. The number of rotatable bonds is 7. The molecule has 5 rings (SSSR count). The number of carbonyl (C=O) groups is 3. The van der Waals surface area contributed by atoms with Gasteiger partial charge in [-0.2, -0.15) is 0 Å². The van der Waals surface area contributed by atoms with Crippen LogP contribution in [0.15, 0.2) is 0 Å². The summed E-state index contributed by atoms with van der Waals surface area (Å²) in [5.41, 5.74) is -1.67. The van der Waals surface area contributed by atoms with E-state index in [1.54, 1.807) is 9.80 Å². The lowest BCUT2D eigenvalue weighted by molar-refractivity contribution is -0.547. The largest absolute Gasteiger partial charge is 0.350 e. The Morgan fingerprint density at radius 1 is 1.00 bits per heavy atom. The summed E-state index contributed by atoms with van der Waals surface area (Å²) < 4.78 is 6.60. The van der Waals surface area contributed by atoms with Crippen molar-refractivity contribution in [2.45, 2.75) is 143 Å². The van der Waals surface area contributed by atoms with Crippen LogP contribution in [-0.2, 0) is 28.9 Å². The molecule has 4 aliphatic heterocycles. The number of nitrogens with one attached hydrogen (secondary N) is 1. The van der Waals surface area contributed by atoms with Gasteiger partial charge in [-0.15, -0.1) is 0 Å². The highest BCUT2D eigenvalue weighted by Crippen LogP contribution is 2.60. The van der Waals surface area contributed by atoms with Crippen molar-refractivity contribution in [2.75, 3.05) is 13.1 Å². The second-order valence-electron chi connectivity index (χ2n) is 16.3. The van der Waals surface area contributed by atoms with Crippen molar-refractivity contribution in [1.82, 2.24) is 15.1 Å². The van der Waals surface area contributed by atoms with Crippen molar-refractivity contribution in [3.63, 3.8) is 0 Å². The van der Waals surface area contributed by atoms with Gasteiger partial charge in [0.1, 0.15) is 6.54 Å². The summed E-state index contributed by atoms with van der Waals surface area (Å²) in [6.07, 6.45) is 3.83. The molecule has 4 unspecified atom stereocenters. The van der Waals surface area contributed by atoms with E-state index in [2.05, 4.69) is 33.0 Å². The maximum absolute atomic E-state index is 13.8. The standard InChI is InChI=1S/C32H55N3O6/c1-20-12-13-23-21(2)26(38)34(27-32(23)22(20)14-16-31(11,39-27)40-41-32)17-15-25(37)35(29(6,7)8)18-24(36)33-30(9,10)19-28(3,4)5/h20-23,27H,12-19H2,1-11H3,(H,33,36)/t20-,21+,22?,23?,27?,31?,32+/m0/s1. The van der Waals surface area contributed by atoms with Gasteiger partial charge < -0.3 is 19.9 Å². The van der Waals surface area contributed by atoms with Crippen molar-refractivity contribution in [3.05, 3.63) is 0 Å². The van der Waals surface area contributed by atoms with Gasteiger partial charge >= 0.3 is 0 Å². The zero-order valence-corrected chi connectivity index (χ0v) is 27.4. The van der Waals surface area contributed by atoms with E-state index in [0.29, 0.717) is 12.3 Å². The lowest BCUT2D eigenvalue weighted by Gasteiger charge is -2.61. The van der Waals surface area contributed by atoms with Gasteiger partial charge in [0.2, 0.25) is 23.5 Å². The van der Waals surface area contributed by atoms with Crippen LogP contribution in [0.25, 0.3) is 0 Å². The van der Waals surface area contributed by atoms with Gasteiger partial charge in [0.15, 0.2) is 11.8 Å². The van der Waals surface area contributed by atoms with Gasteiger partial charge in [-0.25, -0.2) is 9.78 Å². The first-order chi connectivity index (χ1) is 18.7. The van der Waals surface area contributed by atoms with E-state index in [4.69, 9.17) is 14.5 Å². The third kappa shape index (κ3) is 6.32. The number of ether oxygens (including phenoxy) is 1. The van der Waals surface area contributed by atoms with Gasteiger partial charge in [-0.1, -0.05) is 34.6 Å². The molecule has 1 spiro atoms. The van der Waals surface area contributed by atoms with Crippen molar-refractivity contribution < 1.29 is 28.9 Å². The molecule has 41 heavy (non-hydrogen) atoms. The fourth-order valence-electron chi connectivity index (χ4n) is 8.36. The van der Waals surface area contributed by atoms with Crippen LogP contribution in [0.4, 0.5) is 0 Å². The fourth-order valence-corrected chi connectivity index (χ4v) is 8.36. The van der Waals surface area contributed by atoms with Crippen LogP contribution in [0.3, 0.4) is 0 Å². The lowest BCUT2D eigenvalue weighted by Crippen LogP contribution is -2.75. The Morgan fingerprint density at radius 2 is 1.66 bits per heavy atom. The smallest absolute Gasteiger partial charge is 0.240 e. The third-order valence-electron chi connectivity index (χ3n) is 9.79. The predicted octanol–water partition coefficient (Wildman–Crippen LogP) is 5.03. The van der Waals surface area contributed by atoms with E-state index in [9.17, 15) is 14.4 Å². The number of likely N-dealkylation sites (tertiary alicyclic amines) is 1. The Balaban J connectivity index is 1.52. The summed E-state index contributed by atoms with van der Waals surface area (Å²) in [6.45, 7) is 22.6. The van der Waals surface area contributed by atoms with Crippen LogP contribution < -0.4 is 5.32 Å². The minimum Gasteiger partial charge on any atom is -0.350 e. The molecule has 1 N–H and O–H groups in total. The molecule has 4 saturated heterocycles. The maximum atomic E-state index is 13.8. The van der Waals surface area contributed by atoms with Crippen LogP contribution in [0.2, 0.25) is 0 Å². The number of carbonyl (C=O) groups excluding carboxylic acids is 3. The molecule has 234 valence electrons. The molecule has 1 aliphatic carbocycles. The second kappa shape index (κ2) is 10.8. The number of hydrogen-bond acceptors (Lipinski definition) is 6. The highest BCUT2D eigenvalue weighted by molar-refractivity contribution is 5.86. The molecule has 0 aromatic carbocycles. The first-order valence-corrected chi connectivity index (χ1v) is 15.7. The van der Waals surface area contributed by atoms with Crippen LogP contribution in [0.5, 0.6) is 0 Å². The molecule has 1 saturated carbocycles. The molecule has 0 aromatic rings. The van der Waals surface area contributed by atoms with Crippen molar-refractivity contribution in [1.29, 1.82) is 0 Å². The number of amides is 3. The van der Waals surface area contributed by atoms with Gasteiger partial charge in [0, 0.05) is 42.3 Å². The zero-order valence-electron chi connectivity index (χ0n) is 27.4. The molecule has 5 fully saturated rings. The normalized spacial score (nSPS) is 35.5. The first kappa shape index (κ1) is 32.2. The van der Waals surface area contributed by atoms with Crippen LogP contribution in [-0.4, -0.2) is 69.3 Å². The fraction of sp³-hybridized carbons (Fsp3) is 0.906.